The van der Waals surface area contributed by atoms with E-state index in [0.29, 0.717) is 19.0 Å². The zero-order chi connectivity index (χ0) is 13.5. The molecule has 0 aliphatic heterocycles. The lowest BCUT2D eigenvalue weighted by Crippen LogP contribution is -2.34. The van der Waals surface area contributed by atoms with E-state index in [1.807, 2.05) is 6.92 Å². The second kappa shape index (κ2) is 6.70. The third-order valence-electron chi connectivity index (χ3n) is 2.23. The Kier molecular flexibility index (Phi) is 5.25. The normalized spacial score (nSPS) is 10.6. The number of amides is 1. The first-order valence-corrected chi connectivity index (χ1v) is 5.55. The zero-order valence-electron chi connectivity index (χ0n) is 10.3. The lowest BCUT2D eigenvalue weighted by molar-refractivity contribution is -0.137. The van der Waals surface area contributed by atoms with Gasteiger partial charge in [-0.2, -0.15) is 0 Å². The molecule has 18 heavy (non-hydrogen) atoms. The summed E-state index contributed by atoms with van der Waals surface area (Å²) in [5.41, 5.74) is 0. The number of rotatable bonds is 7. The third-order valence-corrected chi connectivity index (χ3v) is 2.23. The van der Waals surface area contributed by atoms with Gasteiger partial charge in [-0.15, -0.1) is 5.10 Å². The number of carboxylic acid groups (broad SMARTS) is 1. The van der Waals surface area contributed by atoms with Crippen LogP contribution in [0.3, 0.4) is 0 Å². The predicted octanol–water partition coefficient (Wildman–Crippen LogP) is 0.113. The van der Waals surface area contributed by atoms with Crippen LogP contribution in [0.15, 0.2) is 4.42 Å². The number of carbonyl (C=O) groups is 2. The number of nitrogens with zero attached hydrogens (tertiary/aromatic N) is 3. The van der Waals surface area contributed by atoms with Crippen molar-refractivity contribution in [2.24, 2.45) is 0 Å². The summed E-state index contributed by atoms with van der Waals surface area (Å²) in [6, 6.07) is 0.0480. The summed E-state index contributed by atoms with van der Waals surface area (Å²) in [5.74, 6) is -0.837. The highest BCUT2D eigenvalue weighted by Crippen LogP contribution is 2.03. The molecule has 0 unspecified atom stereocenters. The van der Waals surface area contributed by atoms with Crippen molar-refractivity contribution in [1.82, 2.24) is 15.1 Å². The van der Waals surface area contributed by atoms with Crippen LogP contribution in [0, 0.1) is 6.92 Å². The number of nitrogens with one attached hydrogen (secondary N) is 1. The summed E-state index contributed by atoms with van der Waals surface area (Å²) >= 11 is 0. The highest BCUT2D eigenvalue weighted by atomic mass is 16.4. The Morgan fingerprint density at radius 1 is 1.44 bits per heavy atom. The number of aryl methyl sites for hydroxylation is 1. The van der Waals surface area contributed by atoms with Crippen LogP contribution in [-0.2, 0) is 9.59 Å². The van der Waals surface area contributed by atoms with Gasteiger partial charge in [0.25, 0.3) is 0 Å². The molecule has 8 heteroatoms. The topological polar surface area (TPSA) is 109 Å². The molecule has 0 bridgehead atoms. The van der Waals surface area contributed by atoms with Gasteiger partial charge in [0.1, 0.15) is 0 Å². The van der Waals surface area contributed by atoms with Crippen LogP contribution in [0.1, 0.15) is 19.2 Å². The van der Waals surface area contributed by atoms with Crippen LogP contribution >= 0.6 is 0 Å². The van der Waals surface area contributed by atoms with Crippen molar-refractivity contribution in [2.75, 3.05) is 25.0 Å². The van der Waals surface area contributed by atoms with Crippen molar-refractivity contribution < 1.29 is 19.1 Å². The fourth-order valence-electron chi connectivity index (χ4n) is 1.31. The van der Waals surface area contributed by atoms with Crippen LogP contribution < -0.4 is 5.32 Å². The van der Waals surface area contributed by atoms with Gasteiger partial charge in [0.05, 0.1) is 13.0 Å². The molecular weight excluding hydrogens is 240 g/mol. The minimum Gasteiger partial charge on any atom is -0.481 e. The number of hydrogen-bond donors (Lipinski definition) is 2. The first kappa shape index (κ1) is 14.1. The minimum atomic E-state index is -0.888. The minimum absolute atomic E-state index is 0.000779. The van der Waals surface area contributed by atoms with E-state index in [2.05, 4.69) is 15.5 Å². The highest BCUT2D eigenvalue weighted by Gasteiger charge is 2.12. The molecule has 1 rings (SSSR count). The molecule has 0 atom stereocenters. The molecular formula is C10H16N4O4. The quantitative estimate of drug-likeness (QED) is 0.712. The number of aromatic nitrogens is 2. The van der Waals surface area contributed by atoms with Crippen LogP contribution in [-0.4, -0.2) is 51.7 Å². The Morgan fingerprint density at radius 2 is 2.17 bits per heavy atom. The zero-order valence-corrected chi connectivity index (χ0v) is 10.3. The fraction of sp³-hybridized carbons (Fsp3) is 0.600. The molecule has 0 saturated heterocycles. The maximum Gasteiger partial charge on any atom is 0.322 e. The number of hydrogen-bond acceptors (Lipinski definition) is 6. The number of anilines is 1. The second-order valence-corrected chi connectivity index (χ2v) is 3.69. The van der Waals surface area contributed by atoms with Gasteiger partial charge in [-0.25, -0.2) is 0 Å². The lowest BCUT2D eigenvalue weighted by Gasteiger charge is -2.17. The van der Waals surface area contributed by atoms with E-state index in [1.165, 1.54) is 0 Å². The van der Waals surface area contributed by atoms with Crippen molar-refractivity contribution in [3.05, 3.63) is 5.89 Å². The number of aliphatic carboxylic acids is 1. The van der Waals surface area contributed by atoms with Crippen LogP contribution in [0.5, 0.6) is 0 Å². The average molecular weight is 256 g/mol. The molecule has 1 heterocycles. The van der Waals surface area contributed by atoms with Gasteiger partial charge in [-0.3, -0.25) is 19.8 Å². The average Bonchev–Trinajstić information content (AvgIpc) is 2.69. The Bertz CT molecular complexity index is 418. The van der Waals surface area contributed by atoms with E-state index < -0.39 is 5.97 Å². The number of carboxylic acids is 1. The maximum atomic E-state index is 11.6. The SMILES string of the molecule is CCN(CCC(=O)O)CC(=O)Nc1nnc(C)o1. The summed E-state index contributed by atoms with van der Waals surface area (Å²) in [5, 5.41) is 18.2. The van der Waals surface area contributed by atoms with Crippen molar-refractivity contribution in [1.29, 1.82) is 0 Å². The lowest BCUT2D eigenvalue weighted by atomic mass is 10.3. The molecule has 0 radical (unpaired) electrons. The van der Waals surface area contributed by atoms with E-state index >= 15 is 0 Å². The molecule has 0 aromatic carbocycles. The molecule has 0 saturated carbocycles. The van der Waals surface area contributed by atoms with E-state index in [9.17, 15) is 9.59 Å². The highest BCUT2D eigenvalue weighted by molar-refractivity contribution is 5.90. The van der Waals surface area contributed by atoms with E-state index in [0.717, 1.165) is 0 Å². The van der Waals surface area contributed by atoms with Crippen LogP contribution in [0.25, 0.3) is 0 Å². The second-order valence-electron chi connectivity index (χ2n) is 3.69. The molecule has 1 amide bonds. The van der Waals surface area contributed by atoms with Crippen molar-refractivity contribution >= 4 is 17.9 Å². The van der Waals surface area contributed by atoms with Crippen LogP contribution in [0.2, 0.25) is 0 Å². The molecule has 1 aromatic heterocycles. The van der Waals surface area contributed by atoms with Crippen LogP contribution in [0.4, 0.5) is 6.01 Å². The van der Waals surface area contributed by atoms with E-state index in [1.54, 1.807) is 11.8 Å². The first-order chi connectivity index (χ1) is 8.51. The molecule has 0 spiro atoms. The summed E-state index contributed by atoms with van der Waals surface area (Å²) in [6.45, 7) is 4.47. The van der Waals surface area contributed by atoms with Gasteiger partial charge >= 0.3 is 12.0 Å². The monoisotopic (exact) mass is 256 g/mol. The predicted molar refractivity (Wildman–Crippen MR) is 62.0 cm³/mol. The molecule has 1 aromatic rings. The number of carbonyl (C=O) groups excluding carboxylic acids is 1. The Labute approximate surface area is 104 Å². The van der Waals surface area contributed by atoms with Gasteiger partial charge < -0.3 is 9.52 Å². The smallest absolute Gasteiger partial charge is 0.322 e. The molecule has 0 aliphatic carbocycles. The summed E-state index contributed by atoms with van der Waals surface area (Å²) in [6.07, 6.45) is 0.000779. The summed E-state index contributed by atoms with van der Waals surface area (Å²) in [4.78, 5) is 23.8. The number of likely N-dealkylation sites (N-methyl/N-ethyl adjacent to an activating group) is 1. The standard InChI is InChI=1S/C10H16N4O4/c1-3-14(5-4-9(16)17)6-8(15)11-10-13-12-7(2)18-10/h3-6H2,1-2H3,(H,16,17)(H,11,13,15). The van der Waals surface area contributed by atoms with Gasteiger partial charge in [-0.05, 0) is 6.54 Å². The van der Waals surface area contributed by atoms with Gasteiger partial charge in [-0.1, -0.05) is 12.0 Å². The molecule has 100 valence electrons. The van der Waals surface area contributed by atoms with Gasteiger partial charge in [0, 0.05) is 13.5 Å². The summed E-state index contributed by atoms with van der Waals surface area (Å²) in [7, 11) is 0. The maximum absolute atomic E-state index is 11.6. The fourth-order valence-corrected chi connectivity index (χ4v) is 1.31. The summed E-state index contributed by atoms with van der Waals surface area (Å²) < 4.78 is 5.00. The Hall–Kier alpha value is -1.96. The first-order valence-electron chi connectivity index (χ1n) is 5.55. The Balaban J connectivity index is 2.39. The molecule has 2 N–H and O–H groups in total. The molecule has 0 aliphatic rings. The van der Waals surface area contributed by atoms with Crippen molar-refractivity contribution in [2.45, 2.75) is 20.3 Å². The third kappa shape index (κ3) is 4.91. The van der Waals surface area contributed by atoms with E-state index in [-0.39, 0.29) is 24.9 Å². The molecule has 0 fully saturated rings. The van der Waals surface area contributed by atoms with Gasteiger partial charge in [0.2, 0.25) is 11.8 Å². The van der Waals surface area contributed by atoms with E-state index in [4.69, 9.17) is 9.52 Å². The van der Waals surface area contributed by atoms with Crippen molar-refractivity contribution in [3.8, 4) is 0 Å². The molecule has 8 nitrogen and oxygen atoms in total. The largest absolute Gasteiger partial charge is 0.481 e. The Morgan fingerprint density at radius 3 is 2.67 bits per heavy atom. The van der Waals surface area contributed by atoms with Gasteiger partial charge in [0.15, 0.2) is 0 Å². The van der Waals surface area contributed by atoms with Crippen molar-refractivity contribution in [3.63, 3.8) is 0 Å².